The number of hydrogen-bond donors (Lipinski definition) is 0. The number of fused-ring (bicyclic) bond motifs is 1. The zero-order chi connectivity index (χ0) is 16.0. The van der Waals surface area contributed by atoms with E-state index < -0.39 is 6.61 Å². The molecule has 0 aromatic carbocycles. The Kier molecular flexibility index (Phi) is 3.37. The molecule has 8 heteroatoms. The summed E-state index contributed by atoms with van der Waals surface area (Å²) in [5.74, 6) is 0.453. The van der Waals surface area contributed by atoms with Gasteiger partial charge in [-0.05, 0) is 29.9 Å². The number of pyridine rings is 1. The molecule has 0 radical (unpaired) electrons. The Morgan fingerprint density at radius 3 is 2.87 bits per heavy atom. The molecule has 0 spiro atoms. The molecule has 3 heterocycles. The number of halogens is 3. The Bertz CT molecular complexity index is 852. The molecule has 0 N–H and O–H groups in total. The van der Waals surface area contributed by atoms with E-state index >= 15 is 0 Å². The second-order valence-corrected chi connectivity index (χ2v) is 5.76. The molecule has 0 bridgehead atoms. The fourth-order valence-electron chi connectivity index (χ4n) is 2.86. The van der Waals surface area contributed by atoms with Gasteiger partial charge in [-0.25, -0.2) is 14.5 Å². The van der Waals surface area contributed by atoms with Crippen molar-refractivity contribution in [2.45, 2.75) is 24.9 Å². The monoisotopic (exact) mass is 336 g/mol. The molecule has 1 aliphatic carbocycles. The average Bonchev–Trinajstić information content (AvgIpc) is 3.16. The minimum atomic E-state index is -2.87. The Hall–Kier alpha value is -2.28. The SMILES string of the molecule is FC(F)Oc1ccc([C@H]2C[C@@H]2c2cc(Cl)nn3ccnc23)cn1. The smallest absolute Gasteiger partial charge is 0.388 e. The van der Waals surface area contributed by atoms with Crippen LogP contribution in [-0.4, -0.2) is 26.2 Å². The number of aromatic nitrogens is 4. The van der Waals surface area contributed by atoms with Gasteiger partial charge in [-0.2, -0.15) is 13.9 Å². The van der Waals surface area contributed by atoms with Gasteiger partial charge < -0.3 is 4.74 Å². The van der Waals surface area contributed by atoms with Crippen molar-refractivity contribution in [1.29, 1.82) is 0 Å². The van der Waals surface area contributed by atoms with Gasteiger partial charge in [0.2, 0.25) is 5.88 Å². The highest BCUT2D eigenvalue weighted by Crippen LogP contribution is 2.55. The second kappa shape index (κ2) is 5.42. The lowest BCUT2D eigenvalue weighted by Crippen LogP contribution is -2.03. The fraction of sp³-hybridized carbons (Fsp3) is 0.267. The maximum atomic E-state index is 12.1. The number of hydrogen-bond acceptors (Lipinski definition) is 4. The van der Waals surface area contributed by atoms with Crippen molar-refractivity contribution in [2.24, 2.45) is 0 Å². The third-order valence-corrected chi connectivity index (χ3v) is 4.13. The first-order valence-electron chi connectivity index (χ1n) is 7.02. The van der Waals surface area contributed by atoms with E-state index in [2.05, 4.69) is 19.8 Å². The molecule has 1 saturated carbocycles. The predicted molar refractivity (Wildman–Crippen MR) is 79.0 cm³/mol. The molecule has 5 nitrogen and oxygen atoms in total. The lowest BCUT2D eigenvalue weighted by Gasteiger charge is -2.06. The van der Waals surface area contributed by atoms with Gasteiger partial charge in [0.1, 0.15) is 5.15 Å². The Morgan fingerprint density at radius 2 is 2.13 bits per heavy atom. The van der Waals surface area contributed by atoms with Crippen molar-refractivity contribution in [1.82, 2.24) is 19.6 Å². The number of alkyl halides is 2. The number of ether oxygens (including phenoxy) is 1. The van der Waals surface area contributed by atoms with E-state index in [0.29, 0.717) is 5.15 Å². The van der Waals surface area contributed by atoms with Gasteiger partial charge in [0, 0.05) is 30.2 Å². The normalized spacial score (nSPS) is 20.2. The largest absolute Gasteiger partial charge is 0.417 e. The summed E-state index contributed by atoms with van der Waals surface area (Å²) in [4.78, 5) is 8.24. The highest BCUT2D eigenvalue weighted by molar-refractivity contribution is 6.29. The summed E-state index contributed by atoms with van der Waals surface area (Å²) in [7, 11) is 0. The zero-order valence-electron chi connectivity index (χ0n) is 11.7. The van der Waals surface area contributed by atoms with E-state index in [-0.39, 0.29) is 17.7 Å². The van der Waals surface area contributed by atoms with Crippen LogP contribution in [0.2, 0.25) is 5.15 Å². The summed E-state index contributed by atoms with van der Waals surface area (Å²) in [6.45, 7) is -2.87. The highest BCUT2D eigenvalue weighted by atomic mass is 35.5. The Balaban J connectivity index is 1.58. The molecular formula is C15H11ClF2N4O. The van der Waals surface area contributed by atoms with Gasteiger partial charge in [0.25, 0.3) is 0 Å². The quantitative estimate of drug-likeness (QED) is 0.729. The van der Waals surface area contributed by atoms with Crippen LogP contribution < -0.4 is 4.74 Å². The van der Waals surface area contributed by atoms with Gasteiger partial charge in [-0.15, -0.1) is 0 Å². The molecule has 0 unspecified atom stereocenters. The van der Waals surface area contributed by atoms with Crippen molar-refractivity contribution in [3.05, 3.63) is 53.1 Å². The lowest BCUT2D eigenvalue weighted by atomic mass is 10.1. The molecule has 0 saturated heterocycles. The fourth-order valence-corrected chi connectivity index (χ4v) is 3.06. The summed E-state index contributed by atoms with van der Waals surface area (Å²) >= 11 is 6.06. The third-order valence-electron chi connectivity index (χ3n) is 3.94. The summed E-state index contributed by atoms with van der Waals surface area (Å²) in [5, 5.41) is 4.58. The zero-order valence-corrected chi connectivity index (χ0v) is 12.5. The summed E-state index contributed by atoms with van der Waals surface area (Å²) in [6.07, 6.45) is 5.94. The molecule has 0 aliphatic heterocycles. The highest BCUT2D eigenvalue weighted by Gasteiger charge is 2.41. The van der Waals surface area contributed by atoms with Crippen molar-refractivity contribution in [3.8, 4) is 5.88 Å². The van der Waals surface area contributed by atoms with E-state index in [0.717, 1.165) is 23.2 Å². The van der Waals surface area contributed by atoms with Gasteiger partial charge in [-0.1, -0.05) is 17.7 Å². The molecule has 3 aromatic heterocycles. The minimum Gasteiger partial charge on any atom is -0.417 e. The predicted octanol–water partition coefficient (Wildman–Crippen LogP) is 3.65. The van der Waals surface area contributed by atoms with Crippen molar-refractivity contribution in [3.63, 3.8) is 0 Å². The molecule has 1 fully saturated rings. The number of imidazole rings is 1. The third kappa shape index (κ3) is 2.72. The average molecular weight is 337 g/mol. The van der Waals surface area contributed by atoms with Crippen LogP contribution in [0, 0.1) is 0 Å². The van der Waals surface area contributed by atoms with Crippen LogP contribution in [-0.2, 0) is 0 Å². The first kappa shape index (κ1) is 14.3. The van der Waals surface area contributed by atoms with Crippen LogP contribution in [0.5, 0.6) is 5.88 Å². The number of rotatable bonds is 4. The molecule has 118 valence electrons. The summed E-state index contributed by atoms with van der Waals surface area (Å²) in [5.41, 5.74) is 2.80. The van der Waals surface area contributed by atoms with Gasteiger partial charge in [0.05, 0.1) is 0 Å². The topological polar surface area (TPSA) is 52.3 Å². The number of nitrogens with zero attached hydrogens (tertiary/aromatic N) is 4. The molecule has 0 amide bonds. The molecule has 4 rings (SSSR count). The van der Waals surface area contributed by atoms with Crippen LogP contribution in [0.4, 0.5) is 8.78 Å². The van der Waals surface area contributed by atoms with E-state index in [1.165, 1.54) is 6.07 Å². The Labute approximate surface area is 134 Å². The van der Waals surface area contributed by atoms with E-state index in [4.69, 9.17) is 11.6 Å². The van der Waals surface area contributed by atoms with Gasteiger partial charge in [0.15, 0.2) is 5.65 Å². The van der Waals surface area contributed by atoms with Gasteiger partial charge in [-0.3, -0.25) is 0 Å². The lowest BCUT2D eigenvalue weighted by molar-refractivity contribution is -0.0528. The van der Waals surface area contributed by atoms with Crippen LogP contribution in [0.1, 0.15) is 29.4 Å². The Morgan fingerprint density at radius 1 is 1.26 bits per heavy atom. The van der Waals surface area contributed by atoms with Crippen molar-refractivity contribution in [2.75, 3.05) is 0 Å². The maximum Gasteiger partial charge on any atom is 0.388 e. The van der Waals surface area contributed by atoms with Crippen molar-refractivity contribution < 1.29 is 13.5 Å². The summed E-state index contributed by atoms with van der Waals surface area (Å²) in [6, 6.07) is 5.05. The standard InChI is InChI=1S/C15H11ClF2N4O/c16-12-6-11(14-19-3-4-22(14)21-12)10-5-9(10)8-1-2-13(20-7-8)23-15(17)18/h1-4,6-7,9-10,15H,5H2/t9-,10+/m1/s1. The molecule has 3 aromatic rings. The van der Waals surface area contributed by atoms with E-state index in [1.54, 1.807) is 29.2 Å². The minimum absolute atomic E-state index is 0.0800. The van der Waals surface area contributed by atoms with Crippen LogP contribution in [0.25, 0.3) is 5.65 Å². The molecule has 1 aliphatic rings. The second-order valence-electron chi connectivity index (χ2n) is 5.37. The molecule has 2 atom stereocenters. The summed E-state index contributed by atoms with van der Waals surface area (Å²) < 4.78 is 30.2. The van der Waals surface area contributed by atoms with E-state index in [9.17, 15) is 8.78 Å². The van der Waals surface area contributed by atoms with Crippen LogP contribution in [0.3, 0.4) is 0 Å². The first-order valence-corrected chi connectivity index (χ1v) is 7.40. The van der Waals surface area contributed by atoms with Crippen molar-refractivity contribution >= 4 is 17.2 Å². The molecule has 23 heavy (non-hydrogen) atoms. The van der Waals surface area contributed by atoms with Crippen LogP contribution in [0.15, 0.2) is 36.8 Å². The van der Waals surface area contributed by atoms with Crippen LogP contribution >= 0.6 is 11.6 Å². The van der Waals surface area contributed by atoms with E-state index in [1.807, 2.05) is 6.07 Å². The van der Waals surface area contributed by atoms with Gasteiger partial charge >= 0.3 is 6.61 Å². The maximum absolute atomic E-state index is 12.1. The first-order chi connectivity index (χ1) is 11.1. The molecular weight excluding hydrogens is 326 g/mol.